The van der Waals surface area contributed by atoms with E-state index in [2.05, 4.69) is 20.7 Å². The van der Waals surface area contributed by atoms with E-state index in [-0.39, 0.29) is 23.3 Å². The van der Waals surface area contributed by atoms with E-state index in [1.54, 1.807) is 18.2 Å². The summed E-state index contributed by atoms with van der Waals surface area (Å²) < 4.78 is 1.49. The van der Waals surface area contributed by atoms with E-state index >= 15 is 0 Å². The van der Waals surface area contributed by atoms with Crippen molar-refractivity contribution in [2.45, 2.75) is 6.92 Å². The lowest BCUT2D eigenvalue weighted by Gasteiger charge is -2.12. The molecule has 144 valence electrons. The first kappa shape index (κ1) is 19.9. The fraction of sp³-hybridized carbons (Fsp3) is 0.158. The number of carbonyl (C=O) groups is 2. The number of halogens is 1. The second-order valence-electron chi connectivity index (χ2n) is 5.93. The van der Waals surface area contributed by atoms with Gasteiger partial charge >= 0.3 is 0 Å². The summed E-state index contributed by atoms with van der Waals surface area (Å²) in [6.45, 7) is 1.98. The van der Waals surface area contributed by atoms with Crippen molar-refractivity contribution in [3.8, 4) is 5.69 Å². The Kier molecular flexibility index (Phi) is 6.67. The van der Waals surface area contributed by atoms with Gasteiger partial charge in [-0.2, -0.15) is 5.10 Å². The number of nitrogens with one attached hydrogen (secondary N) is 2. The highest BCUT2D eigenvalue weighted by Gasteiger charge is 2.13. The van der Waals surface area contributed by atoms with Gasteiger partial charge in [0.1, 0.15) is 18.3 Å². The number of benzene rings is 2. The molecule has 1 heterocycles. The fourth-order valence-electron chi connectivity index (χ4n) is 2.43. The van der Waals surface area contributed by atoms with Gasteiger partial charge in [-0.25, -0.2) is 9.67 Å². The molecule has 2 amide bonds. The van der Waals surface area contributed by atoms with Crippen molar-refractivity contribution in [2.24, 2.45) is 0 Å². The molecule has 0 aliphatic rings. The van der Waals surface area contributed by atoms with Crippen LogP contribution in [0.25, 0.3) is 5.69 Å². The number of aromatic nitrogens is 3. The average Bonchev–Trinajstić information content (AvgIpc) is 3.18. The second kappa shape index (κ2) is 9.38. The highest BCUT2D eigenvalue weighted by atomic mass is 35.5. The van der Waals surface area contributed by atoms with Crippen LogP contribution in [0.1, 0.15) is 5.56 Å². The Morgan fingerprint density at radius 3 is 2.46 bits per heavy atom. The minimum absolute atomic E-state index is 0.130. The van der Waals surface area contributed by atoms with Gasteiger partial charge in [-0.1, -0.05) is 35.4 Å². The number of thioether (sulfide) groups is 1. The molecule has 2 N–H and O–H groups in total. The Bertz CT molecular complexity index is 961. The summed E-state index contributed by atoms with van der Waals surface area (Å²) in [6, 6.07) is 12.7. The molecule has 1 aromatic heterocycles. The van der Waals surface area contributed by atoms with E-state index in [9.17, 15) is 9.59 Å². The quantitative estimate of drug-likeness (QED) is 0.616. The molecule has 9 heteroatoms. The molecule has 0 radical (unpaired) electrons. The Hall–Kier alpha value is -2.84. The summed E-state index contributed by atoms with van der Waals surface area (Å²) in [7, 11) is 0. The number of carbonyl (C=O) groups excluding carboxylic acids is 2. The van der Waals surface area contributed by atoms with Crippen LogP contribution in [0.3, 0.4) is 0 Å². The monoisotopic (exact) mass is 415 g/mol. The maximum atomic E-state index is 12.3. The number of para-hydroxylation sites is 1. The molecular weight excluding hydrogens is 398 g/mol. The maximum absolute atomic E-state index is 12.3. The number of rotatable bonds is 7. The van der Waals surface area contributed by atoms with Crippen LogP contribution in [-0.2, 0) is 9.59 Å². The predicted molar refractivity (Wildman–Crippen MR) is 112 cm³/mol. The minimum Gasteiger partial charge on any atom is -0.325 e. The van der Waals surface area contributed by atoms with Crippen molar-refractivity contribution in [3.63, 3.8) is 0 Å². The molecule has 28 heavy (non-hydrogen) atoms. The Labute approximate surface area is 171 Å². The first-order chi connectivity index (χ1) is 13.5. The second-order valence-corrected chi connectivity index (χ2v) is 7.32. The van der Waals surface area contributed by atoms with Gasteiger partial charge in [0.2, 0.25) is 11.8 Å². The highest BCUT2D eigenvalue weighted by molar-refractivity contribution is 8.00. The maximum Gasteiger partial charge on any atom is 0.234 e. The number of hydrogen-bond donors (Lipinski definition) is 2. The molecule has 0 aliphatic carbocycles. The molecular formula is C19H18ClN5O2S. The molecule has 7 nitrogen and oxygen atoms in total. The normalized spacial score (nSPS) is 10.5. The number of amides is 2. The zero-order valence-corrected chi connectivity index (χ0v) is 16.6. The summed E-state index contributed by atoms with van der Waals surface area (Å²) in [6.07, 6.45) is 2.89. The van der Waals surface area contributed by atoms with Gasteiger partial charge in [0.05, 0.1) is 22.2 Å². The van der Waals surface area contributed by atoms with Crippen molar-refractivity contribution < 1.29 is 9.59 Å². The molecule has 0 saturated heterocycles. The van der Waals surface area contributed by atoms with E-state index < -0.39 is 0 Å². The largest absolute Gasteiger partial charge is 0.325 e. The van der Waals surface area contributed by atoms with Crippen LogP contribution in [0.5, 0.6) is 0 Å². The van der Waals surface area contributed by atoms with Crippen molar-refractivity contribution in [2.75, 3.05) is 22.1 Å². The number of hydrogen-bond acceptors (Lipinski definition) is 5. The average molecular weight is 416 g/mol. The predicted octanol–water partition coefficient (Wildman–Crippen LogP) is 3.54. The van der Waals surface area contributed by atoms with Gasteiger partial charge in [0, 0.05) is 5.69 Å². The summed E-state index contributed by atoms with van der Waals surface area (Å²) in [5.41, 5.74) is 2.91. The molecule has 0 aliphatic heterocycles. The zero-order valence-electron chi connectivity index (χ0n) is 15.1. The summed E-state index contributed by atoms with van der Waals surface area (Å²) in [5, 5.41) is 10.1. The van der Waals surface area contributed by atoms with Crippen molar-refractivity contribution >= 4 is 46.6 Å². The first-order valence-electron chi connectivity index (χ1n) is 8.40. The third-order valence-corrected chi connectivity index (χ3v) is 4.95. The fourth-order valence-corrected chi connectivity index (χ4v) is 3.31. The third kappa shape index (κ3) is 5.34. The molecule has 3 rings (SSSR count). The van der Waals surface area contributed by atoms with Gasteiger partial charge < -0.3 is 10.6 Å². The van der Waals surface area contributed by atoms with Gasteiger partial charge in [-0.05, 0) is 31.2 Å². The van der Waals surface area contributed by atoms with Crippen LogP contribution in [-0.4, -0.2) is 38.1 Å². The Balaban J connectivity index is 1.52. The summed E-state index contributed by atoms with van der Waals surface area (Å²) in [4.78, 5) is 28.2. The summed E-state index contributed by atoms with van der Waals surface area (Å²) in [5.74, 6) is -0.0956. The molecule has 0 bridgehead atoms. The van der Waals surface area contributed by atoms with Crippen molar-refractivity contribution in [1.82, 2.24) is 14.8 Å². The molecule has 3 aromatic rings. The van der Waals surface area contributed by atoms with Gasteiger partial charge in [0.15, 0.2) is 0 Å². The van der Waals surface area contributed by atoms with Crippen LogP contribution < -0.4 is 10.6 Å². The van der Waals surface area contributed by atoms with Crippen molar-refractivity contribution in [1.29, 1.82) is 0 Å². The van der Waals surface area contributed by atoms with Crippen LogP contribution in [0.4, 0.5) is 11.4 Å². The number of anilines is 2. The van der Waals surface area contributed by atoms with Crippen LogP contribution >= 0.6 is 23.4 Å². The van der Waals surface area contributed by atoms with E-state index in [0.29, 0.717) is 16.4 Å². The van der Waals surface area contributed by atoms with Gasteiger partial charge in [-0.3, -0.25) is 9.59 Å². The van der Waals surface area contributed by atoms with Crippen LogP contribution in [0.15, 0.2) is 55.1 Å². The van der Waals surface area contributed by atoms with E-state index in [0.717, 1.165) is 11.3 Å². The Morgan fingerprint density at radius 1 is 1.07 bits per heavy atom. The molecule has 0 fully saturated rings. The topological polar surface area (TPSA) is 88.9 Å². The molecule has 0 saturated carbocycles. The number of aryl methyl sites for hydroxylation is 1. The molecule has 0 spiro atoms. The van der Waals surface area contributed by atoms with Crippen molar-refractivity contribution in [3.05, 3.63) is 65.7 Å². The van der Waals surface area contributed by atoms with Gasteiger partial charge in [0.25, 0.3) is 0 Å². The first-order valence-corrected chi connectivity index (χ1v) is 9.94. The molecule has 0 unspecified atom stereocenters. The lowest BCUT2D eigenvalue weighted by molar-refractivity contribution is -0.114. The van der Waals surface area contributed by atoms with E-state index in [1.165, 1.54) is 29.1 Å². The Morgan fingerprint density at radius 2 is 1.79 bits per heavy atom. The van der Waals surface area contributed by atoms with E-state index in [1.807, 2.05) is 31.2 Å². The minimum atomic E-state index is -0.239. The lowest BCUT2D eigenvalue weighted by atomic mass is 10.2. The third-order valence-electron chi connectivity index (χ3n) is 3.71. The molecule has 2 aromatic carbocycles. The van der Waals surface area contributed by atoms with Crippen LogP contribution in [0.2, 0.25) is 5.02 Å². The SMILES string of the molecule is Cc1ccc(NC(=O)CSCC(=O)Nc2cccc(Cl)c2-n2cncn2)cc1. The zero-order chi connectivity index (χ0) is 19.9. The standard InChI is InChI=1S/C19H18ClN5O2S/c1-13-5-7-14(8-6-13)23-17(26)9-28-10-18(27)24-16-4-2-3-15(20)19(16)25-12-21-11-22-25/h2-8,11-12H,9-10H2,1H3,(H,23,26)(H,24,27). The number of nitrogens with zero attached hydrogens (tertiary/aromatic N) is 3. The summed E-state index contributed by atoms with van der Waals surface area (Å²) >= 11 is 7.47. The van der Waals surface area contributed by atoms with Crippen LogP contribution in [0, 0.1) is 6.92 Å². The highest BCUT2D eigenvalue weighted by Crippen LogP contribution is 2.27. The van der Waals surface area contributed by atoms with Gasteiger partial charge in [-0.15, -0.1) is 11.8 Å². The smallest absolute Gasteiger partial charge is 0.234 e. The van der Waals surface area contributed by atoms with E-state index in [4.69, 9.17) is 11.6 Å². The lowest BCUT2D eigenvalue weighted by Crippen LogP contribution is -2.19. The molecule has 0 atom stereocenters.